The van der Waals surface area contributed by atoms with E-state index in [1.54, 1.807) is 0 Å². The summed E-state index contributed by atoms with van der Waals surface area (Å²) in [7, 11) is 0. The molecule has 0 unspecified atom stereocenters. The van der Waals surface area contributed by atoms with Gasteiger partial charge >= 0.3 is 32.7 Å². The summed E-state index contributed by atoms with van der Waals surface area (Å²) in [6.45, 7) is 21.5. The van der Waals surface area contributed by atoms with Gasteiger partial charge in [0.2, 0.25) is 0 Å². The molecule has 0 saturated heterocycles. The molecule has 0 heterocycles. The second kappa shape index (κ2) is 51.9. The zero-order valence-electron chi connectivity index (χ0n) is 14.1. The van der Waals surface area contributed by atoms with E-state index in [9.17, 15) is 0 Å². The van der Waals surface area contributed by atoms with E-state index in [0.29, 0.717) is 0 Å². The van der Waals surface area contributed by atoms with Gasteiger partial charge in [-0.2, -0.15) is 19.3 Å². The van der Waals surface area contributed by atoms with Gasteiger partial charge < -0.3 is 20.8 Å². The topological polar surface area (TPSA) is 0 Å². The molecule has 0 atom stereocenters. The van der Waals surface area contributed by atoms with Crippen molar-refractivity contribution in [3.63, 3.8) is 0 Å². The predicted octanol–water partition coefficient (Wildman–Crippen LogP) is 7.06. The smallest absolute Gasteiger partial charge is 0.343 e. The fourth-order valence-electron chi connectivity index (χ4n) is 0.750. The Morgan fingerprint density at radius 3 is 0.722 bits per heavy atom. The molecule has 0 fully saturated rings. The summed E-state index contributed by atoms with van der Waals surface area (Å²) in [6, 6.07) is 0. The Bertz CT molecular complexity index is 42.4. The Morgan fingerprint density at radius 2 is 0.722 bits per heavy atom. The normalized spacial score (nSPS) is 7.33. The van der Waals surface area contributed by atoms with Gasteiger partial charge in [0.25, 0.3) is 0 Å². The van der Waals surface area contributed by atoms with E-state index in [2.05, 4.69) is 41.5 Å². The molecular weight excluding hydrogens is 293 g/mol. The maximum Gasteiger partial charge on any atom is 3.00 e. The zero-order chi connectivity index (χ0) is 14.4. The predicted molar refractivity (Wildman–Crippen MR) is 86.0 cm³/mol. The first-order valence-corrected chi connectivity index (χ1v) is 7.62. The summed E-state index contributed by atoms with van der Waals surface area (Å²) in [5.41, 5.74) is 0. The fraction of sp³-hybridized carbons (Fsp3) is 0.824. The van der Waals surface area contributed by atoms with Gasteiger partial charge in [0, 0.05) is 0 Å². The van der Waals surface area contributed by atoms with Gasteiger partial charge in [-0.15, -0.1) is 0 Å². The monoisotopic (exact) mass is 332 g/mol. The van der Waals surface area contributed by atoms with Crippen molar-refractivity contribution in [3.05, 3.63) is 20.8 Å². The molecule has 0 saturated carbocycles. The van der Waals surface area contributed by atoms with Crippen molar-refractivity contribution in [3.8, 4) is 0 Å². The number of hydrogen-bond donors (Lipinski definition) is 0. The number of hydrogen-bond acceptors (Lipinski definition) is 0. The first-order valence-electron chi connectivity index (χ1n) is 7.62. The minimum absolute atomic E-state index is 0. The quantitative estimate of drug-likeness (QED) is 0.457. The summed E-state index contributed by atoms with van der Waals surface area (Å²) >= 11 is 0. The van der Waals surface area contributed by atoms with Crippen LogP contribution in [0.3, 0.4) is 0 Å². The van der Waals surface area contributed by atoms with Gasteiger partial charge in [0.05, 0.1) is 0 Å². The second-order valence-corrected chi connectivity index (χ2v) is 3.62. The molecule has 0 aliphatic carbocycles. The molecule has 0 aromatic carbocycles. The Balaban J connectivity index is -0.0000000427. The SMILES string of the molecule is CC.[CH2-]CCCC.[CH2-]CCCC.[CH2-]CCCC.[Y+3]. The summed E-state index contributed by atoms with van der Waals surface area (Å²) in [5, 5.41) is 0. The van der Waals surface area contributed by atoms with E-state index < -0.39 is 0 Å². The van der Waals surface area contributed by atoms with Crippen LogP contribution in [0.5, 0.6) is 0 Å². The molecule has 0 radical (unpaired) electrons. The van der Waals surface area contributed by atoms with Crippen molar-refractivity contribution in [1.29, 1.82) is 0 Å². The number of rotatable bonds is 6. The second-order valence-electron chi connectivity index (χ2n) is 3.62. The minimum atomic E-state index is 0. The van der Waals surface area contributed by atoms with Gasteiger partial charge in [-0.3, -0.25) is 0 Å². The van der Waals surface area contributed by atoms with Crippen molar-refractivity contribution in [2.24, 2.45) is 0 Å². The van der Waals surface area contributed by atoms with Crippen LogP contribution in [0.1, 0.15) is 92.4 Å². The van der Waals surface area contributed by atoms with E-state index in [-0.39, 0.29) is 32.7 Å². The van der Waals surface area contributed by atoms with E-state index >= 15 is 0 Å². The molecule has 18 heavy (non-hydrogen) atoms. The van der Waals surface area contributed by atoms with Crippen molar-refractivity contribution >= 4 is 0 Å². The minimum Gasteiger partial charge on any atom is -0.343 e. The van der Waals surface area contributed by atoms with E-state index in [0.717, 1.165) is 19.3 Å². The van der Waals surface area contributed by atoms with Crippen molar-refractivity contribution in [2.75, 3.05) is 0 Å². The van der Waals surface area contributed by atoms with Gasteiger partial charge in [-0.25, -0.2) is 0 Å². The van der Waals surface area contributed by atoms with Crippen LogP contribution in [-0.4, -0.2) is 0 Å². The summed E-state index contributed by atoms with van der Waals surface area (Å²) < 4.78 is 0. The summed E-state index contributed by atoms with van der Waals surface area (Å²) in [4.78, 5) is 0. The zero-order valence-corrected chi connectivity index (χ0v) is 16.9. The largest absolute Gasteiger partial charge is 3.00 e. The molecule has 1 heteroatoms. The Labute approximate surface area is 145 Å². The van der Waals surface area contributed by atoms with E-state index in [1.165, 1.54) is 38.5 Å². The maximum atomic E-state index is 3.68. The van der Waals surface area contributed by atoms with Crippen LogP contribution >= 0.6 is 0 Å². The summed E-state index contributed by atoms with van der Waals surface area (Å²) in [6.07, 6.45) is 11.0. The fourth-order valence-corrected chi connectivity index (χ4v) is 0.750. The Kier molecular flexibility index (Phi) is 90.7. The average Bonchev–Trinajstić information content (AvgIpc) is 2.36. The molecule has 0 N–H and O–H groups in total. The third-order valence-corrected chi connectivity index (χ3v) is 1.81. The van der Waals surface area contributed by atoms with Gasteiger partial charge in [-0.1, -0.05) is 73.1 Å². The standard InChI is InChI=1S/3C5H11.C2H6.Y/c3*1-3-5-4-2;1-2;/h3*1,3-5H2,2H3;1-2H3;/q3*-1;;+3. The molecule has 0 nitrogen and oxygen atoms in total. The molecule has 0 bridgehead atoms. The van der Waals surface area contributed by atoms with Crippen LogP contribution in [0.25, 0.3) is 0 Å². The van der Waals surface area contributed by atoms with Crippen LogP contribution < -0.4 is 0 Å². The van der Waals surface area contributed by atoms with Crippen LogP contribution in [0.2, 0.25) is 0 Å². The first-order chi connectivity index (χ1) is 8.24. The third kappa shape index (κ3) is 87.9. The van der Waals surface area contributed by atoms with E-state index in [4.69, 9.17) is 0 Å². The third-order valence-electron chi connectivity index (χ3n) is 1.81. The summed E-state index contributed by atoms with van der Waals surface area (Å²) in [5.74, 6) is 0. The maximum absolute atomic E-state index is 3.68. The molecule has 0 spiro atoms. The van der Waals surface area contributed by atoms with Crippen molar-refractivity contribution < 1.29 is 32.7 Å². The van der Waals surface area contributed by atoms with E-state index in [1.807, 2.05) is 13.8 Å². The molecule has 0 rings (SSSR count). The molecular formula is C17H39Y. The number of unbranched alkanes of at least 4 members (excludes halogenated alkanes) is 6. The first kappa shape index (κ1) is 31.5. The molecule has 110 valence electrons. The Hall–Kier alpha value is 1.10. The molecule has 0 aromatic rings. The van der Waals surface area contributed by atoms with Gasteiger partial charge in [-0.05, 0) is 0 Å². The van der Waals surface area contributed by atoms with Crippen LogP contribution in [0, 0.1) is 20.8 Å². The average molecular weight is 332 g/mol. The molecule has 0 amide bonds. The van der Waals surface area contributed by atoms with Crippen LogP contribution in [0.4, 0.5) is 0 Å². The van der Waals surface area contributed by atoms with Crippen LogP contribution in [0.15, 0.2) is 0 Å². The van der Waals surface area contributed by atoms with Crippen LogP contribution in [-0.2, 0) is 32.7 Å². The van der Waals surface area contributed by atoms with Gasteiger partial charge in [0.1, 0.15) is 0 Å². The van der Waals surface area contributed by atoms with Gasteiger partial charge in [0.15, 0.2) is 0 Å². The molecule has 0 aliphatic heterocycles. The van der Waals surface area contributed by atoms with Crippen molar-refractivity contribution in [1.82, 2.24) is 0 Å². The van der Waals surface area contributed by atoms with Crippen molar-refractivity contribution in [2.45, 2.75) is 92.4 Å². The molecule has 0 aromatic heterocycles. The molecule has 0 aliphatic rings. The Morgan fingerprint density at radius 1 is 0.556 bits per heavy atom.